The standard InChI is InChI=1S/C9H7N5O5/c1-18-9(15)13-11-8(10-12-13)19-7-4-2-6(3-5-7)14(16)17/h2-5H,1H3. The number of ether oxygens (including phenoxy) is 2. The Balaban J connectivity index is 2.10. The third kappa shape index (κ3) is 2.80. The highest BCUT2D eigenvalue weighted by Crippen LogP contribution is 2.20. The highest BCUT2D eigenvalue weighted by Gasteiger charge is 2.12. The van der Waals surface area contributed by atoms with Crippen LogP contribution in [0.2, 0.25) is 0 Å². The van der Waals surface area contributed by atoms with Crippen molar-refractivity contribution in [3.8, 4) is 11.8 Å². The van der Waals surface area contributed by atoms with Crippen LogP contribution in [0.25, 0.3) is 0 Å². The first-order chi connectivity index (χ1) is 9.10. The van der Waals surface area contributed by atoms with Crippen LogP contribution < -0.4 is 4.74 Å². The second kappa shape index (κ2) is 5.08. The molecule has 0 bridgehead atoms. The van der Waals surface area contributed by atoms with E-state index >= 15 is 0 Å². The molecule has 1 aromatic heterocycles. The van der Waals surface area contributed by atoms with Crippen LogP contribution in [0.3, 0.4) is 0 Å². The Morgan fingerprint density at radius 2 is 2.05 bits per heavy atom. The van der Waals surface area contributed by atoms with E-state index in [1.165, 1.54) is 31.4 Å². The maximum absolute atomic E-state index is 11.0. The zero-order valence-corrected chi connectivity index (χ0v) is 9.59. The second-order valence-corrected chi connectivity index (χ2v) is 3.18. The normalized spacial score (nSPS) is 9.95. The number of hydrogen-bond acceptors (Lipinski definition) is 8. The maximum Gasteiger partial charge on any atom is 0.453 e. The van der Waals surface area contributed by atoms with Gasteiger partial charge in [0.2, 0.25) is 0 Å². The van der Waals surface area contributed by atoms with Gasteiger partial charge in [-0.3, -0.25) is 10.1 Å². The number of tetrazole rings is 1. The lowest BCUT2D eigenvalue weighted by Crippen LogP contribution is -2.14. The van der Waals surface area contributed by atoms with E-state index in [4.69, 9.17) is 4.74 Å². The lowest BCUT2D eigenvalue weighted by atomic mass is 10.3. The molecule has 0 radical (unpaired) electrons. The Bertz CT molecular complexity index is 608. The number of hydrogen-bond donors (Lipinski definition) is 0. The van der Waals surface area contributed by atoms with Crippen LogP contribution in [0.1, 0.15) is 0 Å². The van der Waals surface area contributed by atoms with Gasteiger partial charge in [-0.1, -0.05) is 15.0 Å². The molecule has 10 nitrogen and oxygen atoms in total. The minimum Gasteiger partial charge on any atom is -0.450 e. The molecule has 0 saturated carbocycles. The first-order valence-corrected chi connectivity index (χ1v) is 4.91. The minimum absolute atomic E-state index is 0.0708. The van der Waals surface area contributed by atoms with E-state index in [2.05, 4.69) is 20.1 Å². The number of rotatable bonds is 3. The van der Waals surface area contributed by atoms with Gasteiger partial charge in [0, 0.05) is 12.1 Å². The lowest BCUT2D eigenvalue weighted by Gasteiger charge is -1.98. The Labute approximate surface area is 105 Å². The molecular weight excluding hydrogens is 258 g/mol. The molecule has 2 aromatic rings. The van der Waals surface area contributed by atoms with Gasteiger partial charge in [0.1, 0.15) is 5.75 Å². The number of methoxy groups -OCH3 is 1. The van der Waals surface area contributed by atoms with Gasteiger partial charge >= 0.3 is 12.1 Å². The summed E-state index contributed by atoms with van der Waals surface area (Å²) in [7, 11) is 1.17. The van der Waals surface area contributed by atoms with Crippen LogP contribution in [0.5, 0.6) is 11.8 Å². The molecule has 0 fully saturated rings. The molecule has 0 saturated heterocycles. The van der Waals surface area contributed by atoms with Gasteiger partial charge < -0.3 is 9.47 Å². The van der Waals surface area contributed by atoms with Crippen LogP contribution in [0, 0.1) is 10.1 Å². The summed E-state index contributed by atoms with van der Waals surface area (Å²) >= 11 is 0. The average Bonchev–Trinajstić information content (AvgIpc) is 2.87. The van der Waals surface area contributed by atoms with E-state index in [-0.39, 0.29) is 17.4 Å². The first-order valence-electron chi connectivity index (χ1n) is 4.91. The van der Waals surface area contributed by atoms with Crippen molar-refractivity contribution in [3.63, 3.8) is 0 Å². The number of nitro groups is 1. The van der Waals surface area contributed by atoms with Crippen LogP contribution in [-0.4, -0.2) is 38.3 Å². The molecule has 0 N–H and O–H groups in total. The van der Waals surface area contributed by atoms with Crippen molar-refractivity contribution in [1.82, 2.24) is 20.2 Å². The summed E-state index contributed by atoms with van der Waals surface area (Å²) in [6.07, 6.45) is -0.814. The van der Waals surface area contributed by atoms with Crippen LogP contribution in [0.15, 0.2) is 24.3 Å². The van der Waals surface area contributed by atoms with Gasteiger partial charge in [0.05, 0.1) is 12.0 Å². The summed E-state index contributed by atoms with van der Waals surface area (Å²) in [6, 6.07) is 5.09. The topological polar surface area (TPSA) is 122 Å². The quantitative estimate of drug-likeness (QED) is 0.594. The van der Waals surface area contributed by atoms with Gasteiger partial charge in [0.25, 0.3) is 5.69 Å². The molecule has 0 aliphatic heterocycles. The van der Waals surface area contributed by atoms with Crippen molar-refractivity contribution >= 4 is 11.8 Å². The predicted octanol–water partition coefficient (Wildman–Crippen LogP) is 0.988. The Kier molecular flexibility index (Phi) is 3.32. The van der Waals surface area contributed by atoms with Crippen LogP contribution >= 0.6 is 0 Å². The maximum atomic E-state index is 11.0. The summed E-state index contributed by atoms with van der Waals surface area (Å²) in [5.74, 6) is 0.273. The number of carbonyl (C=O) groups excluding carboxylic acids is 1. The molecule has 10 heteroatoms. The Hall–Kier alpha value is -3.04. The number of non-ortho nitro benzene ring substituents is 1. The van der Waals surface area contributed by atoms with Crippen molar-refractivity contribution in [1.29, 1.82) is 0 Å². The van der Waals surface area contributed by atoms with Crippen molar-refractivity contribution in [2.24, 2.45) is 0 Å². The van der Waals surface area contributed by atoms with E-state index in [0.29, 0.717) is 4.80 Å². The van der Waals surface area contributed by atoms with Gasteiger partial charge in [-0.25, -0.2) is 4.79 Å². The molecule has 19 heavy (non-hydrogen) atoms. The fraction of sp³-hybridized carbons (Fsp3) is 0.111. The second-order valence-electron chi connectivity index (χ2n) is 3.18. The Morgan fingerprint density at radius 3 is 2.63 bits per heavy atom. The summed E-state index contributed by atoms with van der Waals surface area (Å²) in [5.41, 5.74) is -0.0708. The lowest BCUT2D eigenvalue weighted by molar-refractivity contribution is -0.384. The van der Waals surface area contributed by atoms with E-state index in [1.807, 2.05) is 0 Å². The van der Waals surface area contributed by atoms with Gasteiger partial charge in [-0.2, -0.15) is 0 Å². The zero-order valence-electron chi connectivity index (χ0n) is 9.59. The predicted molar refractivity (Wildman–Crippen MR) is 58.8 cm³/mol. The average molecular weight is 265 g/mol. The first kappa shape index (κ1) is 12.4. The summed E-state index contributed by atoms with van der Waals surface area (Å²) < 4.78 is 9.52. The van der Waals surface area contributed by atoms with E-state index in [9.17, 15) is 14.9 Å². The molecule has 0 spiro atoms. The molecule has 0 atom stereocenters. The van der Waals surface area contributed by atoms with E-state index in [0.717, 1.165) is 0 Å². The third-order valence-corrected chi connectivity index (χ3v) is 1.99. The minimum atomic E-state index is -0.814. The molecule has 1 aromatic carbocycles. The third-order valence-electron chi connectivity index (χ3n) is 1.99. The summed E-state index contributed by atoms with van der Waals surface area (Å²) in [4.78, 5) is 21.6. The fourth-order valence-electron chi connectivity index (χ4n) is 1.14. The van der Waals surface area contributed by atoms with E-state index < -0.39 is 11.0 Å². The number of nitro benzene ring substituents is 1. The molecule has 0 unspecified atom stereocenters. The van der Waals surface area contributed by atoms with Crippen molar-refractivity contribution < 1.29 is 19.2 Å². The van der Waals surface area contributed by atoms with Crippen LogP contribution in [0.4, 0.5) is 10.5 Å². The molecule has 98 valence electrons. The van der Waals surface area contributed by atoms with Gasteiger partial charge in [0.15, 0.2) is 0 Å². The molecule has 2 rings (SSSR count). The number of aromatic nitrogens is 4. The highest BCUT2D eigenvalue weighted by atomic mass is 16.6. The number of nitrogens with zero attached hydrogens (tertiary/aromatic N) is 5. The molecule has 0 amide bonds. The molecular formula is C9H7N5O5. The fourth-order valence-corrected chi connectivity index (χ4v) is 1.14. The number of carbonyl (C=O) groups is 1. The molecule has 1 heterocycles. The summed E-state index contributed by atoms with van der Waals surface area (Å²) in [6.45, 7) is 0. The SMILES string of the molecule is COC(=O)n1nnc(Oc2ccc([N+](=O)[O-])cc2)n1. The number of benzene rings is 1. The highest BCUT2D eigenvalue weighted by molar-refractivity contribution is 5.67. The molecule has 0 aliphatic carbocycles. The van der Waals surface area contributed by atoms with Crippen molar-refractivity contribution in [2.75, 3.05) is 7.11 Å². The smallest absolute Gasteiger partial charge is 0.450 e. The van der Waals surface area contributed by atoms with E-state index in [1.54, 1.807) is 0 Å². The monoisotopic (exact) mass is 265 g/mol. The van der Waals surface area contributed by atoms with Gasteiger partial charge in [-0.15, -0.1) is 0 Å². The van der Waals surface area contributed by atoms with Crippen molar-refractivity contribution in [3.05, 3.63) is 34.4 Å². The van der Waals surface area contributed by atoms with Crippen molar-refractivity contribution in [2.45, 2.75) is 0 Å². The zero-order chi connectivity index (χ0) is 13.8. The largest absolute Gasteiger partial charge is 0.453 e. The van der Waals surface area contributed by atoms with Gasteiger partial charge in [-0.05, 0) is 17.3 Å². The summed E-state index contributed by atoms with van der Waals surface area (Å²) in [5, 5.41) is 20.9. The van der Waals surface area contributed by atoms with Crippen LogP contribution in [-0.2, 0) is 4.74 Å². The Morgan fingerprint density at radius 1 is 1.37 bits per heavy atom. The molecule has 0 aliphatic rings.